The fraction of sp³-hybridized carbons (Fsp3) is 0.429. The Labute approximate surface area is 90.1 Å². The lowest BCUT2D eigenvalue weighted by Crippen LogP contribution is -2.06. The molecular formula is C7H8OS4. The second-order valence-corrected chi connectivity index (χ2v) is 6.68. The minimum Gasteiger partial charge on any atom is -0.282 e. The first kappa shape index (κ1) is 10.6. The van der Waals surface area contributed by atoms with Crippen LogP contribution < -0.4 is 0 Å². The highest BCUT2D eigenvalue weighted by atomic mass is 32.2. The lowest BCUT2D eigenvalue weighted by molar-refractivity contribution is -0.107. The molecule has 0 aromatic rings. The third-order valence-electron chi connectivity index (χ3n) is 1.23. The molecule has 0 saturated carbocycles. The van der Waals surface area contributed by atoms with Gasteiger partial charge in [-0.15, -0.1) is 23.5 Å². The Kier molecular flexibility index (Phi) is 4.71. The molecule has 0 amide bonds. The van der Waals surface area contributed by atoms with Crippen molar-refractivity contribution in [2.24, 2.45) is 0 Å². The summed E-state index contributed by atoms with van der Waals surface area (Å²) in [6.07, 6.45) is 1.36. The highest BCUT2D eigenvalue weighted by Crippen LogP contribution is 2.34. The standard InChI is InChI=1S/C7H8OS4/c1-2-6(8)10-3-5-4-11-7(9)12-5/h2,5H,1,3-4H2. The average molecular weight is 236 g/mol. The molecule has 1 aliphatic rings. The first-order valence-corrected chi connectivity index (χ1v) is 6.61. The number of carbonyl (C=O) groups excluding carboxylic acids is 1. The Balaban J connectivity index is 2.20. The van der Waals surface area contributed by atoms with E-state index in [0.29, 0.717) is 5.25 Å². The van der Waals surface area contributed by atoms with Crippen LogP contribution in [0.3, 0.4) is 0 Å². The summed E-state index contributed by atoms with van der Waals surface area (Å²) in [4.78, 5) is 10.8. The van der Waals surface area contributed by atoms with Crippen molar-refractivity contribution >= 4 is 56.1 Å². The van der Waals surface area contributed by atoms with Crippen LogP contribution in [0, 0.1) is 0 Å². The molecule has 0 radical (unpaired) electrons. The fourth-order valence-corrected chi connectivity index (χ4v) is 4.58. The van der Waals surface area contributed by atoms with Crippen LogP contribution in [0.1, 0.15) is 0 Å². The van der Waals surface area contributed by atoms with Gasteiger partial charge in [0.1, 0.15) is 3.53 Å². The van der Waals surface area contributed by atoms with Crippen molar-refractivity contribution in [3.8, 4) is 0 Å². The molecule has 1 unspecified atom stereocenters. The van der Waals surface area contributed by atoms with Crippen LogP contribution in [-0.2, 0) is 4.79 Å². The normalized spacial score (nSPS) is 22.7. The van der Waals surface area contributed by atoms with Gasteiger partial charge in [0.15, 0.2) is 0 Å². The second kappa shape index (κ2) is 5.32. The van der Waals surface area contributed by atoms with Crippen molar-refractivity contribution in [1.82, 2.24) is 0 Å². The predicted octanol–water partition coefficient (Wildman–Crippen LogP) is 2.57. The van der Waals surface area contributed by atoms with Crippen molar-refractivity contribution in [3.05, 3.63) is 12.7 Å². The summed E-state index contributed by atoms with van der Waals surface area (Å²) >= 11 is 9.75. The van der Waals surface area contributed by atoms with Gasteiger partial charge in [0.2, 0.25) is 5.12 Å². The number of hydrogen-bond donors (Lipinski definition) is 0. The van der Waals surface area contributed by atoms with E-state index in [1.807, 2.05) is 0 Å². The van der Waals surface area contributed by atoms with Crippen LogP contribution in [-0.4, -0.2) is 25.4 Å². The third kappa shape index (κ3) is 3.51. The zero-order valence-electron chi connectivity index (χ0n) is 6.32. The third-order valence-corrected chi connectivity index (χ3v) is 5.62. The van der Waals surface area contributed by atoms with E-state index in [-0.39, 0.29) is 5.12 Å². The maximum Gasteiger partial charge on any atom is 0.211 e. The van der Waals surface area contributed by atoms with Crippen molar-refractivity contribution in [1.29, 1.82) is 0 Å². The van der Waals surface area contributed by atoms with Crippen LogP contribution in [0.25, 0.3) is 0 Å². The van der Waals surface area contributed by atoms with E-state index < -0.39 is 0 Å². The monoisotopic (exact) mass is 236 g/mol. The van der Waals surface area contributed by atoms with Gasteiger partial charge in [0.25, 0.3) is 0 Å². The summed E-state index contributed by atoms with van der Waals surface area (Å²) in [6.45, 7) is 3.41. The van der Waals surface area contributed by atoms with Gasteiger partial charge in [-0.05, 0) is 6.08 Å². The summed E-state index contributed by atoms with van der Waals surface area (Å²) in [5.41, 5.74) is 0. The molecule has 0 bridgehead atoms. The molecule has 1 saturated heterocycles. The molecule has 5 heteroatoms. The van der Waals surface area contributed by atoms with E-state index in [9.17, 15) is 4.79 Å². The summed E-state index contributed by atoms with van der Waals surface area (Å²) in [7, 11) is 0. The van der Waals surface area contributed by atoms with Gasteiger partial charge >= 0.3 is 0 Å². The molecule has 0 aromatic carbocycles. The SMILES string of the molecule is C=CC(=O)SCC1CSC(=S)S1. The van der Waals surface area contributed by atoms with Gasteiger partial charge in [-0.3, -0.25) is 4.79 Å². The first-order valence-electron chi connectivity index (χ1n) is 3.35. The highest BCUT2D eigenvalue weighted by molar-refractivity contribution is 8.49. The summed E-state index contributed by atoms with van der Waals surface area (Å²) in [6, 6.07) is 0. The van der Waals surface area contributed by atoms with Gasteiger partial charge in [0.05, 0.1) is 0 Å². The topological polar surface area (TPSA) is 17.1 Å². The average Bonchev–Trinajstić information content (AvgIpc) is 2.47. The number of thioether (sulfide) groups is 3. The second-order valence-electron chi connectivity index (χ2n) is 2.14. The predicted molar refractivity (Wildman–Crippen MR) is 64.1 cm³/mol. The van der Waals surface area contributed by atoms with Crippen molar-refractivity contribution < 1.29 is 4.79 Å². The van der Waals surface area contributed by atoms with Gasteiger partial charge < -0.3 is 0 Å². The smallest absolute Gasteiger partial charge is 0.211 e. The van der Waals surface area contributed by atoms with Gasteiger partial charge in [-0.25, -0.2) is 0 Å². The zero-order chi connectivity index (χ0) is 8.97. The number of hydrogen-bond acceptors (Lipinski definition) is 5. The van der Waals surface area contributed by atoms with Crippen LogP contribution >= 0.6 is 47.5 Å². The van der Waals surface area contributed by atoms with Gasteiger partial charge in [-0.1, -0.05) is 30.6 Å². The first-order chi connectivity index (χ1) is 5.72. The number of rotatable bonds is 3. The molecule has 1 fully saturated rings. The van der Waals surface area contributed by atoms with Crippen molar-refractivity contribution in [2.75, 3.05) is 11.5 Å². The molecule has 12 heavy (non-hydrogen) atoms. The molecule has 1 nitrogen and oxygen atoms in total. The summed E-state index contributed by atoms with van der Waals surface area (Å²) in [5, 5.41) is 0.565. The molecule has 0 spiro atoms. The number of carbonyl (C=O) groups is 1. The molecule has 1 rings (SSSR count). The summed E-state index contributed by atoms with van der Waals surface area (Å²) < 4.78 is 1.01. The maximum absolute atomic E-state index is 10.8. The zero-order valence-corrected chi connectivity index (χ0v) is 9.58. The Bertz CT molecular complexity index is 213. The van der Waals surface area contributed by atoms with Crippen molar-refractivity contribution in [2.45, 2.75) is 5.25 Å². The summed E-state index contributed by atoms with van der Waals surface area (Å²) in [5.74, 6) is 1.89. The van der Waals surface area contributed by atoms with Gasteiger partial charge in [-0.2, -0.15) is 0 Å². The van der Waals surface area contributed by atoms with E-state index in [1.54, 1.807) is 23.5 Å². The number of thiocarbonyl (C=S) groups is 1. The Hall–Kier alpha value is 0.550. The minimum atomic E-state index is 0.0541. The van der Waals surface area contributed by atoms with E-state index in [4.69, 9.17) is 12.2 Å². The Morgan fingerprint density at radius 3 is 3.17 bits per heavy atom. The lowest BCUT2D eigenvalue weighted by atomic mass is 10.5. The van der Waals surface area contributed by atoms with Crippen LogP contribution in [0.4, 0.5) is 0 Å². The van der Waals surface area contributed by atoms with E-state index in [2.05, 4.69) is 6.58 Å². The van der Waals surface area contributed by atoms with E-state index >= 15 is 0 Å². The molecular weight excluding hydrogens is 228 g/mol. The molecule has 0 aliphatic carbocycles. The highest BCUT2D eigenvalue weighted by Gasteiger charge is 2.21. The molecule has 1 atom stereocenters. The molecule has 0 N–H and O–H groups in total. The Morgan fingerprint density at radius 1 is 1.92 bits per heavy atom. The molecule has 1 heterocycles. The molecule has 0 aromatic heterocycles. The van der Waals surface area contributed by atoms with Crippen LogP contribution in [0.15, 0.2) is 12.7 Å². The van der Waals surface area contributed by atoms with Crippen molar-refractivity contribution in [3.63, 3.8) is 0 Å². The molecule has 66 valence electrons. The fourth-order valence-electron chi connectivity index (χ4n) is 0.681. The minimum absolute atomic E-state index is 0.0541. The van der Waals surface area contributed by atoms with E-state index in [0.717, 1.165) is 15.0 Å². The quantitative estimate of drug-likeness (QED) is 0.551. The Morgan fingerprint density at radius 2 is 2.67 bits per heavy atom. The largest absolute Gasteiger partial charge is 0.282 e. The van der Waals surface area contributed by atoms with Crippen LogP contribution in [0.5, 0.6) is 0 Å². The van der Waals surface area contributed by atoms with Gasteiger partial charge in [0, 0.05) is 16.8 Å². The van der Waals surface area contributed by atoms with E-state index in [1.165, 1.54) is 17.8 Å². The lowest BCUT2D eigenvalue weighted by Gasteiger charge is -2.02. The van der Waals surface area contributed by atoms with Crippen LogP contribution in [0.2, 0.25) is 0 Å². The molecule has 1 aliphatic heterocycles. The maximum atomic E-state index is 10.8.